The number of benzene rings is 2. The van der Waals surface area contributed by atoms with Crippen molar-refractivity contribution in [3.05, 3.63) is 71.7 Å². The van der Waals surface area contributed by atoms with E-state index >= 15 is 0 Å². The molecule has 0 unspecified atom stereocenters. The molecule has 2 aromatic carbocycles. The molecule has 0 aliphatic rings. The molecule has 3 aromatic rings. The van der Waals surface area contributed by atoms with Crippen molar-refractivity contribution in [3.8, 4) is 5.75 Å². The normalized spacial score (nSPS) is 11.2. The van der Waals surface area contributed by atoms with Gasteiger partial charge in [0.25, 0.3) is 0 Å². The number of methoxy groups -OCH3 is 1. The van der Waals surface area contributed by atoms with Gasteiger partial charge in [0.05, 0.1) is 7.11 Å². The number of allylic oxidation sites excluding steroid dienone is 1. The number of ether oxygens (including phenoxy) is 1. The lowest BCUT2D eigenvalue weighted by Gasteiger charge is -1.97. The van der Waals surface area contributed by atoms with Crippen molar-refractivity contribution >= 4 is 22.8 Å². The summed E-state index contributed by atoms with van der Waals surface area (Å²) in [6, 6.07) is 13.1. The van der Waals surface area contributed by atoms with E-state index in [1.165, 1.54) is 30.3 Å². The van der Waals surface area contributed by atoms with Crippen LogP contribution in [-0.2, 0) is 0 Å². The third-order valence-corrected chi connectivity index (χ3v) is 3.39. The lowest BCUT2D eigenvalue weighted by molar-refractivity contribution is 0.104. The topological polar surface area (TPSA) is 42.1 Å². The predicted octanol–water partition coefficient (Wildman–Crippen LogP) is 4.21. The molecule has 0 aliphatic carbocycles. The van der Waals surface area contributed by atoms with Crippen LogP contribution in [0.3, 0.4) is 0 Å². The Morgan fingerprint density at radius 3 is 2.64 bits per heavy atom. The third-order valence-electron chi connectivity index (χ3n) is 3.39. The Labute approximate surface area is 127 Å². The Kier molecular flexibility index (Phi) is 3.74. The Balaban J connectivity index is 1.82. The van der Waals surface area contributed by atoms with Crippen molar-refractivity contribution in [2.75, 3.05) is 7.11 Å². The summed E-state index contributed by atoms with van der Waals surface area (Å²) >= 11 is 0. The van der Waals surface area contributed by atoms with E-state index in [-0.39, 0.29) is 11.6 Å². The van der Waals surface area contributed by atoms with Gasteiger partial charge in [-0.15, -0.1) is 0 Å². The van der Waals surface area contributed by atoms with E-state index in [0.717, 1.165) is 22.3 Å². The van der Waals surface area contributed by atoms with Gasteiger partial charge in [-0.25, -0.2) is 4.39 Å². The number of hydrogen-bond acceptors (Lipinski definition) is 2. The highest BCUT2D eigenvalue weighted by Crippen LogP contribution is 2.22. The number of hydrogen-bond donors (Lipinski definition) is 1. The molecule has 3 nitrogen and oxygen atoms in total. The molecular formula is C18H14FNO2. The number of carbonyl (C=O) groups is 1. The zero-order valence-electron chi connectivity index (χ0n) is 12.0. The van der Waals surface area contributed by atoms with Crippen LogP contribution in [0.1, 0.15) is 16.1 Å². The number of H-pyrrole nitrogens is 1. The van der Waals surface area contributed by atoms with Crippen LogP contribution in [0.5, 0.6) is 5.75 Å². The molecule has 0 atom stereocenters. The Bertz CT molecular complexity index is 847. The van der Waals surface area contributed by atoms with Crippen LogP contribution in [-0.4, -0.2) is 17.9 Å². The molecule has 0 spiro atoms. The van der Waals surface area contributed by atoms with Gasteiger partial charge in [0.1, 0.15) is 11.6 Å². The largest absolute Gasteiger partial charge is 0.497 e. The van der Waals surface area contributed by atoms with Crippen molar-refractivity contribution in [2.45, 2.75) is 0 Å². The van der Waals surface area contributed by atoms with E-state index in [1.807, 2.05) is 24.3 Å². The van der Waals surface area contributed by atoms with Crippen LogP contribution < -0.4 is 4.74 Å². The number of aromatic amines is 1. The van der Waals surface area contributed by atoms with Crippen LogP contribution in [0.4, 0.5) is 4.39 Å². The fourth-order valence-electron chi connectivity index (χ4n) is 2.23. The summed E-state index contributed by atoms with van der Waals surface area (Å²) in [7, 11) is 1.62. The van der Waals surface area contributed by atoms with Gasteiger partial charge in [-0.3, -0.25) is 4.79 Å². The minimum absolute atomic E-state index is 0.170. The van der Waals surface area contributed by atoms with Crippen molar-refractivity contribution in [3.63, 3.8) is 0 Å². The molecule has 0 saturated heterocycles. The van der Waals surface area contributed by atoms with E-state index in [4.69, 9.17) is 4.74 Å². The molecule has 1 heterocycles. The smallest absolute Gasteiger partial charge is 0.185 e. The number of fused-ring (bicyclic) bond motifs is 1. The van der Waals surface area contributed by atoms with Crippen LogP contribution >= 0.6 is 0 Å². The number of aromatic nitrogens is 1. The molecule has 1 N–H and O–H groups in total. The molecule has 110 valence electrons. The van der Waals surface area contributed by atoms with E-state index < -0.39 is 0 Å². The van der Waals surface area contributed by atoms with Crippen LogP contribution in [0.15, 0.2) is 54.6 Å². The molecule has 0 amide bonds. The van der Waals surface area contributed by atoms with Crippen molar-refractivity contribution < 1.29 is 13.9 Å². The fourth-order valence-corrected chi connectivity index (χ4v) is 2.23. The molecule has 22 heavy (non-hydrogen) atoms. The number of ketones is 1. The Morgan fingerprint density at radius 2 is 1.91 bits per heavy atom. The average Bonchev–Trinajstić information content (AvgIpc) is 2.95. The zero-order valence-corrected chi connectivity index (χ0v) is 12.0. The standard InChI is InChI=1S/C18H14FNO2/c1-22-16-7-8-17-13(11-16)10-15(20-17)6-9-18(21)12-2-4-14(19)5-3-12/h2-11,20H,1H3. The highest BCUT2D eigenvalue weighted by atomic mass is 19.1. The summed E-state index contributed by atoms with van der Waals surface area (Å²) in [6.45, 7) is 0. The van der Waals surface area contributed by atoms with Crippen molar-refractivity contribution in [2.24, 2.45) is 0 Å². The number of halogens is 1. The lowest BCUT2D eigenvalue weighted by Crippen LogP contribution is -1.93. The first-order chi connectivity index (χ1) is 10.7. The van der Waals surface area contributed by atoms with Gasteiger partial charge in [0, 0.05) is 22.2 Å². The first-order valence-corrected chi connectivity index (χ1v) is 6.80. The SMILES string of the molecule is COc1ccc2[nH]c(C=CC(=O)c3ccc(F)cc3)cc2c1. The van der Waals surface area contributed by atoms with Gasteiger partial charge in [-0.05, 0) is 60.7 Å². The minimum atomic E-state index is -0.356. The lowest BCUT2D eigenvalue weighted by atomic mass is 10.1. The van der Waals surface area contributed by atoms with E-state index in [1.54, 1.807) is 13.2 Å². The average molecular weight is 295 g/mol. The van der Waals surface area contributed by atoms with Crippen LogP contribution in [0.25, 0.3) is 17.0 Å². The predicted molar refractivity (Wildman–Crippen MR) is 84.6 cm³/mol. The second-order valence-corrected chi connectivity index (χ2v) is 4.88. The van der Waals surface area contributed by atoms with Crippen LogP contribution in [0.2, 0.25) is 0 Å². The Morgan fingerprint density at radius 1 is 1.14 bits per heavy atom. The first kappa shape index (κ1) is 14.1. The second kappa shape index (κ2) is 5.85. The summed E-state index contributed by atoms with van der Waals surface area (Å²) in [6.07, 6.45) is 3.17. The maximum atomic E-state index is 12.8. The summed E-state index contributed by atoms with van der Waals surface area (Å²) < 4.78 is 18.0. The molecule has 0 fully saturated rings. The molecule has 3 rings (SSSR count). The number of carbonyl (C=O) groups excluding carboxylic acids is 1. The summed E-state index contributed by atoms with van der Waals surface area (Å²) in [5.41, 5.74) is 2.24. The summed E-state index contributed by atoms with van der Waals surface area (Å²) in [4.78, 5) is 15.2. The van der Waals surface area contributed by atoms with Gasteiger partial charge in [-0.1, -0.05) is 0 Å². The van der Waals surface area contributed by atoms with Gasteiger partial charge in [-0.2, -0.15) is 0 Å². The van der Waals surface area contributed by atoms with Crippen molar-refractivity contribution in [1.29, 1.82) is 0 Å². The zero-order chi connectivity index (χ0) is 15.5. The molecule has 1 aromatic heterocycles. The molecule has 0 aliphatic heterocycles. The second-order valence-electron chi connectivity index (χ2n) is 4.88. The molecule has 0 saturated carbocycles. The number of rotatable bonds is 4. The van der Waals surface area contributed by atoms with Gasteiger partial charge in [0.15, 0.2) is 5.78 Å². The van der Waals surface area contributed by atoms with Gasteiger partial charge >= 0.3 is 0 Å². The quantitative estimate of drug-likeness (QED) is 0.578. The van der Waals surface area contributed by atoms with E-state index in [9.17, 15) is 9.18 Å². The molecule has 0 bridgehead atoms. The van der Waals surface area contributed by atoms with Gasteiger partial charge < -0.3 is 9.72 Å². The van der Waals surface area contributed by atoms with Gasteiger partial charge in [0.2, 0.25) is 0 Å². The highest BCUT2D eigenvalue weighted by molar-refractivity contribution is 6.06. The maximum absolute atomic E-state index is 12.8. The molecular weight excluding hydrogens is 281 g/mol. The number of nitrogens with one attached hydrogen (secondary N) is 1. The fraction of sp³-hybridized carbons (Fsp3) is 0.0556. The summed E-state index contributed by atoms with van der Waals surface area (Å²) in [5.74, 6) is 0.255. The Hall–Kier alpha value is -2.88. The van der Waals surface area contributed by atoms with E-state index in [2.05, 4.69) is 4.98 Å². The molecule has 4 heteroatoms. The summed E-state index contributed by atoms with van der Waals surface area (Å²) in [5, 5.41) is 1.01. The van der Waals surface area contributed by atoms with Crippen molar-refractivity contribution in [1.82, 2.24) is 4.98 Å². The minimum Gasteiger partial charge on any atom is -0.497 e. The maximum Gasteiger partial charge on any atom is 0.185 e. The van der Waals surface area contributed by atoms with E-state index in [0.29, 0.717) is 5.56 Å². The third kappa shape index (κ3) is 2.91. The highest BCUT2D eigenvalue weighted by Gasteiger charge is 2.03. The molecule has 0 radical (unpaired) electrons. The monoisotopic (exact) mass is 295 g/mol. The van der Waals surface area contributed by atoms with Crippen LogP contribution in [0, 0.1) is 5.82 Å². The first-order valence-electron chi connectivity index (χ1n) is 6.80.